The van der Waals surface area contributed by atoms with Crippen LogP contribution in [0.2, 0.25) is 0 Å². The van der Waals surface area contributed by atoms with Gasteiger partial charge in [0.15, 0.2) is 0 Å². The molecule has 0 saturated heterocycles. The Morgan fingerprint density at radius 2 is 1.13 bits per heavy atom. The van der Waals surface area contributed by atoms with E-state index in [-0.39, 0.29) is 37.4 Å². The molecule has 3 aromatic carbocycles. The van der Waals surface area contributed by atoms with Crippen LogP contribution in [-0.4, -0.2) is 37.4 Å². The van der Waals surface area contributed by atoms with E-state index in [1.807, 2.05) is 57.2 Å². The van der Waals surface area contributed by atoms with Crippen molar-refractivity contribution in [3.05, 3.63) is 48.0 Å². The van der Waals surface area contributed by atoms with E-state index in [0.29, 0.717) is 12.8 Å². The molecule has 3 rings (SSSR count). The van der Waals surface area contributed by atoms with Gasteiger partial charge in [0.1, 0.15) is 36.9 Å². The van der Waals surface area contributed by atoms with Gasteiger partial charge in [-0.15, -0.1) is 0 Å². The van der Waals surface area contributed by atoms with Crippen LogP contribution in [0.3, 0.4) is 0 Å². The number of ether oxygens (including phenoxy) is 4. The number of hydrogen-bond acceptors (Lipinski definition) is 6. The summed E-state index contributed by atoms with van der Waals surface area (Å²) < 4.78 is 23.9. The quantitative estimate of drug-likeness (QED) is 0.105. The van der Waals surface area contributed by atoms with Crippen molar-refractivity contribution in [3.63, 3.8) is 0 Å². The number of carbonyl (C=O) groups is 2. The summed E-state index contributed by atoms with van der Waals surface area (Å²) in [5.74, 6) is 1.10. The number of esters is 2. The maximum Gasteiger partial charge on any atom is 0.306 e. The summed E-state index contributed by atoms with van der Waals surface area (Å²) in [6.07, 6.45) is 5.97. The second-order valence-electron chi connectivity index (χ2n) is 10.4. The van der Waals surface area contributed by atoms with Crippen LogP contribution in [0.4, 0.5) is 0 Å². The summed E-state index contributed by atoms with van der Waals surface area (Å²) in [7, 11) is 0. The highest BCUT2D eigenvalue weighted by Gasteiger charge is 2.19. The van der Waals surface area contributed by atoms with Crippen LogP contribution < -0.4 is 9.47 Å². The number of benzene rings is 3. The van der Waals surface area contributed by atoms with E-state index in [9.17, 15) is 9.59 Å². The summed E-state index contributed by atoms with van der Waals surface area (Å²) in [5.41, 5.74) is 1.10. The van der Waals surface area contributed by atoms with Gasteiger partial charge in [0, 0.05) is 34.4 Å². The zero-order valence-electron chi connectivity index (χ0n) is 24.2. The second kappa shape index (κ2) is 15.3. The predicted molar refractivity (Wildman–Crippen MR) is 157 cm³/mol. The standard InChI is InChI=1S/C33H44O6/c1-6-8-10-16-30(34)38-24(4)21-36-32-26-14-12-13-15-27(26)33(29-20-23(3)18-19-28(29)32)37-22-25(5)39-31(35)17-11-9-7-2/h12-15,18-20,24-25H,6-11,16-17,21-22H2,1-5H3. The molecule has 0 spiro atoms. The van der Waals surface area contributed by atoms with Crippen LogP contribution >= 0.6 is 0 Å². The molecule has 0 fully saturated rings. The number of carbonyl (C=O) groups excluding carboxylic acids is 2. The fourth-order valence-electron chi connectivity index (χ4n) is 4.60. The lowest BCUT2D eigenvalue weighted by Crippen LogP contribution is -2.22. The first-order chi connectivity index (χ1) is 18.8. The molecule has 0 heterocycles. The van der Waals surface area contributed by atoms with Crippen molar-refractivity contribution in [2.24, 2.45) is 0 Å². The zero-order chi connectivity index (χ0) is 28.2. The van der Waals surface area contributed by atoms with E-state index < -0.39 is 0 Å². The summed E-state index contributed by atoms with van der Waals surface area (Å²) in [6.45, 7) is 10.5. The van der Waals surface area contributed by atoms with Crippen molar-refractivity contribution >= 4 is 33.5 Å². The lowest BCUT2D eigenvalue weighted by molar-refractivity contribution is -0.150. The molecular formula is C33H44O6. The Kier molecular flexibility index (Phi) is 11.9. The van der Waals surface area contributed by atoms with E-state index in [0.717, 1.165) is 77.1 Å². The number of aryl methyl sites for hydroxylation is 1. The molecule has 6 heteroatoms. The molecular weight excluding hydrogens is 492 g/mol. The monoisotopic (exact) mass is 536 g/mol. The van der Waals surface area contributed by atoms with Crippen molar-refractivity contribution < 1.29 is 28.5 Å². The minimum absolute atomic E-state index is 0.186. The van der Waals surface area contributed by atoms with Crippen LogP contribution in [0, 0.1) is 6.92 Å². The molecule has 0 aliphatic rings. The van der Waals surface area contributed by atoms with Crippen LogP contribution in [0.15, 0.2) is 42.5 Å². The molecule has 0 saturated carbocycles. The van der Waals surface area contributed by atoms with Gasteiger partial charge in [-0.1, -0.05) is 81.5 Å². The molecule has 0 radical (unpaired) electrons. The largest absolute Gasteiger partial charge is 0.488 e. The van der Waals surface area contributed by atoms with E-state index in [1.165, 1.54) is 0 Å². The Labute approximate surface area is 233 Å². The van der Waals surface area contributed by atoms with E-state index in [1.54, 1.807) is 0 Å². The van der Waals surface area contributed by atoms with Crippen LogP contribution in [0.25, 0.3) is 21.5 Å². The van der Waals surface area contributed by atoms with Gasteiger partial charge in [0.05, 0.1) is 0 Å². The van der Waals surface area contributed by atoms with Crippen molar-refractivity contribution in [2.45, 2.75) is 98.2 Å². The third kappa shape index (κ3) is 8.87. The second-order valence-corrected chi connectivity index (χ2v) is 10.4. The van der Waals surface area contributed by atoms with Crippen LogP contribution in [0.5, 0.6) is 11.5 Å². The normalized spacial score (nSPS) is 12.7. The Bertz CT molecular complexity index is 1230. The molecule has 3 aromatic rings. The molecule has 0 aromatic heterocycles. The van der Waals surface area contributed by atoms with Crippen molar-refractivity contribution in [1.29, 1.82) is 0 Å². The van der Waals surface area contributed by atoms with Gasteiger partial charge in [0.25, 0.3) is 0 Å². The third-order valence-corrected chi connectivity index (χ3v) is 6.64. The number of unbranched alkanes of at least 4 members (excludes halogenated alkanes) is 4. The maximum absolute atomic E-state index is 12.2. The Balaban J connectivity index is 1.81. The molecule has 6 nitrogen and oxygen atoms in total. The fraction of sp³-hybridized carbons (Fsp3) is 0.515. The first-order valence-corrected chi connectivity index (χ1v) is 14.4. The Hall–Kier alpha value is -3.28. The lowest BCUT2D eigenvalue weighted by atomic mass is 9.99. The Morgan fingerprint density at radius 1 is 0.667 bits per heavy atom. The SMILES string of the molecule is CCCCCC(=O)OC(C)COc1c2ccccc2c(OCC(C)OC(=O)CCCCC)c2cc(C)ccc12. The van der Waals surface area contributed by atoms with Gasteiger partial charge >= 0.3 is 11.9 Å². The molecule has 39 heavy (non-hydrogen) atoms. The Morgan fingerprint density at radius 3 is 1.62 bits per heavy atom. The summed E-state index contributed by atoms with van der Waals surface area (Å²) in [4.78, 5) is 24.4. The molecule has 212 valence electrons. The summed E-state index contributed by atoms with van der Waals surface area (Å²) in [6, 6.07) is 14.1. The lowest BCUT2D eigenvalue weighted by Gasteiger charge is -2.21. The zero-order valence-corrected chi connectivity index (χ0v) is 24.2. The van der Waals surface area contributed by atoms with Crippen LogP contribution in [-0.2, 0) is 19.1 Å². The molecule has 0 aliphatic carbocycles. The third-order valence-electron chi connectivity index (χ3n) is 6.64. The van der Waals surface area contributed by atoms with E-state index >= 15 is 0 Å². The van der Waals surface area contributed by atoms with Gasteiger partial charge in [-0.2, -0.15) is 0 Å². The smallest absolute Gasteiger partial charge is 0.306 e. The van der Waals surface area contributed by atoms with Crippen molar-refractivity contribution in [3.8, 4) is 11.5 Å². The van der Waals surface area contributed by atoms with Gasteiger partial charge in [-0.25, -0.2) is 0 Å². The average molecular weight is 537 g/mol. The average Bonchev–Trinajstić information content (AvgIpc) is 2.90. The van der Waals surface area contributed by atoms with Crippen LogP contribution in [0.1, 0.15) is 84.6 Å². The molecule has 0 amide bonds. The number of rotatable bonds is 16. The minimum atomic E-state index is -0.374. The summed E-state index contributed by atoms with van der Waals surface area (Å²) >= 11 is 0. The first kappa shape index (κ1) is 30.3. The highest BCUT2D eigenvalue weighted by atomic mass is 16.6. The van der Waals surface area contributed by atoms with E-state index in [2.05, 4.69) is 19.9 Å². The van der Waals surface area contributed by atoms with E-state index in [4.69, 9.17) is 18.9 Å². The highest BCUT2D eigenvalue weighted by Crippen LogP contribution is 2.43. The minimum Gasteiger partial charge on any atom is -0.488 e. The van der Waals surface area contributed by atoms with Gasteiger partial charge < -0.3 is 18.9 Å². The number of fused-ring (bicyclic) bond motifs is 2. The topological polar surface area (TPSA) is 71.1 Å². The predicted octanol–water partition coefficient (Wildman–Crippen LogP) is 8.08. The highest BCUT2D eigenvalue weighted by molar-refractivity contribution is 6.11. The first-order valence-electron chi connectivity index (χ1n) is 14.4. The van der Waals surface area contributed by atoms with Gasteiger partial charge in [-0.05, 0) is 39.7 Å². The molecule has 2 atom stereocenters. The molecule has 0 N–H and O–H groups in total. The molecule has 2 unspecified atom stereocenters. The number of hydrogen-bond donors (Lipinski definition) is 0. The van der Waals surface area contributed by atoms with Crippen molar-refractivity contribution in [1.82, 2.24) is 0 Å². The van der Waals surface area contributed by atoms with Gasteiger partial charge in [0.2, 0.25) is 0 Å². The molecule has 0 bridgehead atoms. The fourth-order valence-corrected chi connectivity index (χ4v) is 4.60. The summed E-state index contributed by atoms with van der Waals surface area (Å²) in [5, 5.41) is 3.67. The molecule has 0 aliphatic heterocycles. The van der Waals surface area contributed by atoms with Crippen molar-refractivity contribution in [2.75, 3.05) is 13.2 Å². The maximum atomic E-state index is 12.2. The van der Waals surface area contributed by atoms with Gasteiger partial charge in [-0.3, -0.25) is 9.59 Å².